The number of ether oxygens (including phenoxy) is 1. The topological polar surface area (TPSA) is 95.5 Å². The molecular formula is C22H22NO5S-. The highest BCUT2D eigenvalue weighted by Crippen LogP contribution is 2.37. The molecule has 0 aliphatic heterocycles. The number of thiophene rings is 1. The van der Waals surface area contributed by atoms with Crippen LogP contribution in [0.25, 0.3) is 11.1 Å². The summed E-state index contributed by atoms with van der Waals surface area (Å²) in [5.41, 5.74) is 2.88. The molecule has 0 saturated heterocycles. The van der Waals surface area contributed by atoms with Crippen LogP contribution in [-0.4, -0.2) is 24.5 Å². The summed E-state index contributed by atoms with van der Waals surface area (Å²) in [5.74, 6) is -3.84. The highest BCUT2D eigenvalue weighted by Gasteiger charge is 2.31. The van der Waals surface area contributed by atoms with Crippen LogP contribution in [0.1, 0.15) is 35.7 Å². The second kappa shape index (κ2) is 9.05. The Balaban J connectivity index is 1.93. The van der Waals surface area contributed by atoms with E-state index in [0.717, 1.165) is 11.1 Å². The van der Waals surface area contributed by atoms with Gasteiger partial charge in [0.15, 0.2) is 0 Å². The first-order valence-electron chi connectivity index (χ1n) is 9.44. The van der Waals surface area contributed by atoms with Crippen molar-refractivity contribution in [1.29, 1.82) is 0 Å². The lowest BCUT2D eigenvalue weighted by Gasteiger charge is -2.28. The lowest BCUT2D eigenvalue weighted by Crippen LogP contribution is -2.41. The number of esters is 1. The minimum Gasteiger partial charge on any atom is -0.550 e. The van der Waals surface area contributed by atoms with Gasteiger partial charge in [-0.1, -0.05) is 42.0 Å². The van der Waals surface area contributed by atoms with Crippen molar-refractivity contribution in [3.63, 3.8) is 0 Å². The Morgan fingerprint density at radius 3 is 2.41 bits per heavy atom. The number of carbonyl (C=O) groups excluding carboxylic acids is 3. The van der Waals surface area contributed by atoms with Gasteiger partial charge in [-0.15, -0.1) is 11.3 Å². The zero-order valence-electron chi connectivity index (χ0n) is 16.3. The van der Waals surface area contributed by atoms with Crippen molar-refractivity contribution >= 4 is 34.2 Å². The average molecular weight is 412 g/mol. The molecule has 1 amide bonds. The first-order valence-corrected chi connectivity index (χ1v) is 10.3. The molecule has 152 valence electrons. The predicted molar refractivity (Wildman–Crippen MR) is 109 cm³/mol. The molecule has 1 N–H and O–H groups in total. The number of aliphatic carboxylic acids is 1. The van der Waals surface area contributed by atoms with Gasteiger partial charge in [0.1, 0.15) is 10.6 Å². The van der Waals surface area contributed by atoms with Crippen LogP contribution in [0.3, 0.4) is 0 Å². The molecule has 2 atom stereocenters. The smallest absolute Gasteiger partial charge is 0.341 e. The van der Waals surface area contributed by atoms with E-state index in [4.69, 9.17) is 4.74 Å². The Kier molecular flexibility index (Phi) is 6.49. The minimum absolute atomic E-state index is 0.204. The number of amides is 1. The van der Waals surface area contributed by atoms with E-state index >= 15 is 0 Å². The number of carbonyl (C=O) groups is 3. The molecule has 29 heavy (non-hydrogen) atoms. The standard InChI is InChI=1S/C22H23NO5S/c1-3-28-22(27)18-17(14-10-8-13(2)9-11-14)12-29-20(18)23-19(24)15-6-4-5-7-16(15)21(25)26/h4-5,8-12,15-16H,3,6-7H2,1-2H3,(H,23,24)(H,25,26)/p-1/t15-,16-/m1/s1. The van der Waals surface area contributed by atoms with Crippen LogP contribution >= 0.6 is 11.3 Å². The van der Waals surface area contributed by atoms with E-state index in [1.165, 1.54) is 11.3 Å². The summed E-state index contributed by atoms with van der Waals surface area (Å²) in [6.45, 7) is 3.89. The van der Waals surface area contributed by atoms with Gasteiger partial charge in [-0.05, 0) is 32.3 Å². The number of allylic oxidation sites excluding steroid dienone is 2. The highest BCUT2D eigenvalue weighted by atomic mass is 32.1. The summed E-state index contributed by atoms with van der Waals surface area (Å²) in [4.78, 5) is 36.9. The van der Waals surface area contributed by atoms with Gasteiger partial charge in [-0.25, -0.2) is 4.79 Å². The van der Waals surface area contributed by atoms with Crippen LogP contribution in [0, 0.1) is 18.8 Å². The van der Waals surface area contributed by atoms with E-state index in [1.807, 2.05) is 31.2 Å². The molecule has 1 aromatic heterocycles. The third-order valence-corrected chi connectivity index (χ3v) is 5.84. The SMILES string of the molecule is CCOC(=O)c1c(-c2ccc(C)cc2)csc1NC(=O)[C@@H]1CC=CC[C@H]1C(=O)[O-]. The fourth-order valence-electron chi connectivity index (χ4n) is 3.37. The second-order valence-corrected chi connectivity index (χ2v) is 7.78. The summed E-state index contributed by atoms with van der Waals surface area (Å²) >= 11 is 1.22. The summed E-state index contributed by atoms with van der Waals surface area (Å²) < 4.78 is 5.20. The number of nitrogens with one attached hydrogen (secondary N) is 1. The predicted octanol–water partition coefficient (Wildman–Crippen LogP) is 3.17. The fraction of sp³-hybridized carbons (Fsp3) is 0.318. The molecule has 3 rings (SSSR count). The number of aryl methyl sites for hydroxylation is 1. The first kappa shape index (κ1) is 20.8. The molecule has 0 saturated carbocycles. The van der Waals surface area contributed by atoms with Gasteiger partial charge in [-0.2, -0.15) is 0 Å². The molecule has 0 spiro atoms. The Morgan fingerprint density at radius 1 is 1.14 bits per heavy atom. The van der Waals surface area contributed by atoms with Gasteiger partial charge in [0.05, 0.1) is 12.5 Å². The largest absolute Gasteiger partial charge is 0.550 e. The highest BCUT2D eigenvalue weighted by molar-refractivity contribution is 7.15. The number of hydrogen-bond acceptors (Lipinski definition) is 6. The Hall–Kier alpha value is -2.93. The van der Waals surface area contributed by atoms with E-state index in [9.17, 15) is 19.5 Å². The van der Waals surface area contributed by atoms with Crippen molar-refractivity contribution in [3.8, 4) is 11.1 Å². The maximum Gasteiger partial charge on any atom is 0.341 e. The minimum atomic E-state index is -1.24. The number of anilines is 1. The molecule has 6 nitrogen and oxygen atoms in total. The number of hydrogen-bond donors (Lipinski definition) is 1. The van der Waals surface area contributed by atoms with Crippen LogP contribution in [-0.2, 0) is 14.3 Å². The molecule has 0 fully saturated rings. The fourth-order valence-corrected chi connectivity index (χ4v) is 4.33. The molecule has 2 aromatic rings. The van der Waals surface area contributed by atoms with Crippen molar-refractivity contribution < 1.29 is 24.2 Å². The quantitative estimate of drug-likeness (QED) is 0.581. The van der Waals surface area contributed by atoms with Crippen molar-refractivity contribution in [2.24, 2.45) is 11.8 Å². The second-order valence-electron chi connectivity index (χ2n) is 6.90. The van der Waals surface area contributed by atoms with Crippen LogP contribution in [0.15, 0.2) is 41.8 Å². The van der Waals surface area contributed by atoms with E-state index in [0.29, 0.717) is 17.0 Å². The number of rotatable bonds is 6. The summed E-state index contributed by atoms with van der Waals surface area (Å²) in [6, 6.07) is 7.70. The Bertz CT molecular complexity index is 945. The van der Waals surface area contributed by atoms with Crippen LogP contribution in [0.2, 0.25) is 0 Å². The third kappa shape index (κ3) is 4.56. The summed E-state index contributed by atoms with van der Waals surface area (Å²) in [6.07, 6.45) is 4.11. The molecule has 0 radical (unpaired) electrons. The molecule has 1 aliphatic rings. The number of benzene rings is 1. The van der Waals surface area contributed by atoms with Gasteiger partial charge < -0.3 is 20.0 Å². The lowest BCUT2D eigenvalue weighted by atomic mass is 9.82. The van der Waals surface area contributed by atoms with Crippen molar-refractivity contribution in [1.82, 2.24) is 0 Å². The zero-order chi connectivity index (χ0) is 21.0. The Labute approximate surface area is 173 Å². The van der Waals surface area contributed by atoms with E-state index in [1.54, 1.807) is 24.5 Å². The van der Waals surface area contributed by atoms with Crippen LogP contribution in [0.4, 0.5) is 5.00 Å². The van der Waals surface area contributed by atoms with Gasteiger partial charge in [0.2, 0.25) is 5.91 Å². The molecular weight excluding hydrogens is 390 g/mol. The lowest BCUT2D eigenvalue weighted by molar-refractivity contribution is -0.313. The van der Waals surface area contributed by atoms with Crippen molar-refractivity contribution in [2.75, 3.05) is 11.9 Å². The summed E-state index contributed by atoms with van der Waals surface area (Å²) in [5, 5.41) is 16.3. The maximum absolute atomic E-state index is 12.8. The van der Waals surface area contributed by atoms with Crippen molar-refractivity contribution in [2.45, 2.75) is 26.7 Å². The monoisotopic (exact) mass is 412 g/mol. The zero-order valence-corrected chi connectivity index (χ0v) is 17.1. The number of carboxylic acids is 1. The molecule has 1 aromatic carbocycles. The van der Waals surface area contributed by atoms with Gasteiger partial charge in [0.25, 0.3) is 0 Å². The summed E-state index contributed by atoms with van der Waals surface area (Å²) in [7, 11) is 0. The Morgan fingerprint density at radius 2 is 1.79 bits per heavy atom. The molecule has 0 unspecified atom stereocenters. The molecule has 0 bridgehead atoms. The van der Waals surface area contributed by atoms with Gasteiger partial charge >= 0.3 is 5.97 Å². The molecule has 1 aliphatic carbocycles. The van der Waals surface area contributed by atoms with Gasteiger partial charge in [0, 0.05) is 22.8 Å². The maximum atomic E-state index is 12.8. The van der Waals surface area contributed by atoms with Crippen LogP contribution < -0.4 is 10.4 Å². The number of carboxylic acid groups (broad SMARTS) is 1. The van der Waals surface area contributed by atoms with Crippen molar-refractivity contribution in [3.05, 3.63) is 52.9 Å². The van der Waals surface area contributed by atoms with E-state index in [2.05, 4.69) is 5.32 Å². The molecule has 1 heterocycles. The van der Waals surface area contributed by atoms with Gasteiger partial charge in [-0.3, -0.25) is 4.79 Å². The van der Waals surface area contributed by atoms with E-state index < -0.39 is 29.7 Å². The van der Waals surface area contributed by atoms with Crippen LogP contribution in [0.5, 0.6) is 0 Å². The first-order chi connectivity index (χ1) is 13.9. The normalized spacial score (nSPS) is 18.3. The average Bonchev–Trinajstić information content (AvgIpc) is 3.12. The van der Waals surface area contributed by atoms with E-state index in [-0.39, 0.29) is 18.6 Å². The third-order valence-electron chi connectivity index (χ3n) is 4.94. The molecule has 7 heteroatoms.